The van der Waals surface area contributed by atoms with Crippen LogP contribution in [0.2, 0.25) is 0 Å². The number of fused-ring (bicyclic) bond motifs is 1. The number of nitrogens with two attached hydrogens (primary N) is 1. The molecule has 0 aliphatic rings. The summed E-state index contributed by atoms with van der Waals surface area (Å²) in [6, 6.07) is 5.71. The molecule has 4 heterocycles. The first-order valence-electron chi connectivity index (χ1n) is 10.5. The van der Waals surface area contributed by atoms with Crippen LogP contribution in [0.25, 0.3) is 33.4 Å². The van der Waals surface area contributed by atoms with Crippen LogP contribution in [-0.4, -0.2) is 56.1 Å². The van der Waals surface area contributed by atoms with Gasteiger partial charge in [-0.05, 0) is 39.0 Å². The Morgan fingerprint density at radius 1 is 1.09 bits per heavy atom. The van der Waals surface area contributed by atoms with E-state index in [2.05, 4.69) is 25.4 Å². The lowest BCUT2D eigenvalue weighted by Crippen LogP contribution is -2.32. The minimum absolute atomic E-state index is 0.133. The van der Waals surface area contributed by atoms with Crippen molar-refractivity contribution in [1.82, 2.24) is 29.7 Å². The zero-order valence-corrected chi connectivity index (χ0v) is 19.7. The summed E-state index contributed by atoms with van der Waals surface area (Å²) in [7, 11) is 5.14. The normalized spacial score (nSPS) is 11.7. The Morgan fingerprint density at radius 3 is 2.55 bits per heavy atom. The molecule has 0 spiro atoms. The standard InChI is InChI=1S/C23H28N8O2/c1-13-16(11-31(4)30-13)17-8-7-15(21(27-17)32-5)18-14-9-10-25-20(19(14)29-22(24)28-18)26-12-23(2,3)33-6/h7-11H,12H2,1-6H3,(H,25,26)(H2,24,28,29). The van der Waals surface area contributed by atoms with Crippen LogP contribution in [0.1, 0.15) is 19.5 Å². The quantitative estimate of drug-likeness (QED) is 0.438. The highest BCUT2D eigenvalue weighted by Crippen LogP contribution is 2.36. The largest absolute Gasteiger partial charge is 0.480 e. The monoisotopic (exact) mass is 448 g/mol. The van der Waals surface area contributed by atoms with Crippen LogP contribution in [0.15, 0.2) is 30.6 Å². The molecule has 0 unspecified atom stereocenters. The smallest absolute Gasteiger partial charge is 0.223 e. The van der Waals surface area contributed by atoms with E-state index in [4.69, 9.17) is 20.2 Å². The molecule has 4 aromatic heterocycles. The number of anilines is 2. The summed E-state index contributed by atoms with van der Waals surface area (Å²) in [5.41, 5.74) is 10.2. The molecule has 10 heteroatoms. The number of nitrogen functional groups attached to an aromatic ring is 1. The van der Waals surface area contributed by atoms with Crippen LogP contribution in [0.4, 0.5) is 11.8 Å². The average Bonchev–Trinajstić information content (AvgIpc) is 3.14. The van der Waals surface area contributed by atoms with Crippen molar-refractivity contribution in [3.63, 3.8) is 0 Å². The maximum absolute atomic E-state index is 6.10. The van der Waals surface area contributed by atoms with Gasteiger partial charge in [0.25, 0.3) is 0 Å². The van der Waals surface area contributed by atoms with E-state index in [0.29, 0.717) is 35.0 Å². The van der Waals surface area contributed by atoms with Crippen molar-refractivity contribution in [1.29, 1.82) is 0 Å². The number of nitrogens with one attached hydrogen (secondary N) is 1. The first kappa shape index (κ1) is 22.4. The van der Waals surface area contributed by atoms with Crippen LogP contribution < -0.4 is 15.8 Å². The molecular formula is C23H28N8O2. The van der Waals surface area contributed by atoms with Crippen molar-refractivity contribution < 1.29 is 9.47 Å². The predicted molar refractivity (Wildman–Crippen MR) is 128 cm³/mol. The topological polar surface area (TPSA) is 126 Å². The van der Waals surface area contributed by atoms with Crippen molar-refractivity contribution in [2.45, 2.75) is 26.4 Å². The summed E-state index contributed by atoms with van der Waals surface area (Å²) in [5.74, 6) is 1.17. The second-order valence-corrected chi connectivity index (χ2v) is 8.36. The molecular weight excluding hydrogens is 420 g/mol. The highest BCUT2D eigenvalue weighted by atomic mass is 16.5. The summed E-state index contributed by atoms with van der Waals surface area (Å²) in [6.45, 7) is 6.46. The van der Waals surface area contributed by atoms with Gasteiger partial charge in [0.05, 0.1) is 35.4 Å². The van der Waals surface area contributed by atoms with E-state index < -0.39 is 0 Å². The van der Waals surface area contributed by atoms with E-state index in [-0.39, 0.29) is 11.5 Å². The molecule has 0 aliphatic heterocycles. The summed E-state index contributed by atoms with van der Waals surface area (Å²) in [5, 5.41) is 8.50. The fourth-order valence-electron chi connectivity index (χ4n) is 3.55. The predicted octanol–water partition coefficient (Wildman–Crippen LogP) is 3.22. The Balaban J connectivity index is 1.83. The number of ether oxygens (including phenoxy) is 2. The third kappa shape index (κ3) is 4.42. The molecule has 3 N–H and O–H groups in total. The fraction of sp³-hybridized carbons (Fsp3) is 0.348. The molecule has 0 bridgehead atoms. The summed E-state index contributed by atoms with van der Waals surface area (Å²) in [4.78, 5) is 18.2. The van der Waals surface area contributed by atoms with E-state index in [1.165, 1.54) is 0 Å². The first-order chi connectivity index (χ1) is 15.7. The molecule has 0 atom stereocenters. The number of nitrogens with zero attached hydrogens (tertiary/aromatic N) is 6. The lowest BCUT2D eigenvalue weighted by molar-refractivity contribution is 0.0343. The van der Waals surface area contributed by atoms with Gasteiger partial charge in [-0.25, -0.2) is 19.9 Å². The average molecular weight is 449 g/mol. The molecule has 0 saturated heterocycles. The van der Waals surface area contributed by atoms with Gasteiger partial charge < -0.3 is 20.5 Å². The van der Waals surface area contributed by atoms with Gasteiger partial charge in [0.2, 0.25) is 11.8 Å². The first-order valence-corrected chi connectivity index (χ1v) is 10.5. The second-order valence-electron chi connectivity index (χ2n) is 8.36. The molecule has 0 aliphatic carbocycles. The van der Waals surface area contributed by atoms with E-state index in [1.807, 2.05) is 52.2 Å². The molecule has 33 heavy (non-hydrogen) atoms. The van der Waals surface area contributed by atoms with Crippen molar-refractivity contribution in [2.75, 3.05) is 31.8 Å². The lowest BCUT2D eigenvalue weighted by atomic mass is 10.1. The van der Waals surface area contributed by atoms with Crippen LogP contribution in [0, 0.1) is 6.92 Å². The number of pyridine rings is 2. The minimum Gasteiger partial charge on any atom is -0.480 e. The molecule has 4 aromatic rings. The molecule has 0 saturated carbocycles. The lowest BCUT2D eigenvalue weighted by Gasteiger charge is -2.23. The summed E-state index contributed by atoms with van der Waals surface area (Å²) >= 11 is 0. The van der Waals surface area contributed by atoms with E-state index >= 15 is 0 Å². The number of hydrogen-bond acceptors (Lipinski definition) is 9. The molecule has 0 aromatic carbocycles. The van der Waals surface area contributed by atoms with E-state index in [9.17, 15) is 0 Å². The van der Waals surface area contributed by atoms with Crippen LogP contribution in [0.3, 0.4) is 0 Å². The zero-order valence-electron chi connectivity index (χ0n) is 19.7. The highest BCUT2D eigenvalue weighted by Gasteiger charge is 2.20. The van der Waals surface area contributed by atoms with Gasteiger partial charge in [0.1, 0.15) is 5.52 Å². The molecule has 0 radical (unpaired) electrons. The summed E-state index contributed by atoms with van der Waals surface area (Å²) < 4.78 is 12.9. The number of methoxy groups -OCH3 is 2. The SMILES string of the molecule is COc1nc(-c2cn(C)nc2C)ccc1-c1nc(N)nc2c(NCC(C)(C)OC)nccc12. The van der Waals surface area contributed by atoms with Crippen LogP contribution >= 0.6 is 0 Å². The van der Waals surface area contributed by atoms with Crippen molar-refractivity contribution in [3.8, 4) is 28.4 Å². The van der Waals surface area contributed by atoms with Gasteiger partial charge in [-0.2, -0.15) is 5.10 Å². The van der Waals surface area contributed by atoms with Crippen molar-refractivity contribution in [2.24, 2.45) is 7.05 Å². The number of hydrogen-bond donors (Lipinski definition) is 2. The van der Waals surface area contributed by atoms with Crippen LogP contribution in [0.5, 0.6) is 5.88 Å². The maximum Gasteiger partial charge on any atom is 0.223 e. The van der Waals surface area contributed by atoms with Gasteiger partial charge in [-0.15, -0.1) is 0 Å². The molecule has 0 fully saturated rings. The molecule has 172 valence electrons. The zero-order chi connectivity index (χ0) is 23.8. The number of aryl methyl sites for hydroxylation is 2. The highest BCUT2D eigenvalue weighted by molar-refractivity contribution is 5.99. The van der Waals surface area contributed by atoms with E-state index in [0.717, 1.165) is 22.3 Å². The van der Waals surface area contributed by atoms with Crippen molar-refractivity contribution >= 4 is 22.7 Å². The minimum atomic E-state index is -0.376. The third-order valence-electron chi connectivity index (χ3n) is 5.46. The fourth-order valence-corrected chi connectivity index (χ4v) is 3.55. The van der Waals surface area contributed by atoms with Gasteiger partial charge in [0.15, 0.2) is 5.82 Å². The number of rotatable bonds is 7. The Morgan fingerprint density at radius 2 is 1.88 bits per heavy atom. The van der Waals surface area contributed by atoms with Gasteiger partial charge in [-0.1, -0.05) is 0 Å². The van der Waals surface area contributed by atoms with Gasteiger partial charge >= 0.3 is 0 Å². The van der Waals surface area contributed by atoms with Crippen LogP contribution in [-0.2, 0) is 11.8 Å². The molecule has 0 amide bonds. The Bertz CT molecular complexity index is 1320. The third-order valence-corrected chi connectivity index (χ3v) is 5.46. The Hall–Kier alpha value is -3.79. The van der Waals surface area contributed by atoms with Crippen molar-refractivity contribution in [3.05, 3.63) is 36.3 Å². The second kappa shape index (κ2) is 8.62. The maximum atomic E-state index is 6.10. The van der Waals surface area contributed by atoms with Gasteiger partial charge in [-0.3, -0.25) is 4.68 Å². The summed E-state index contributed by atoms with van der Waals surface area (Å²) in [6.07, 6.45) is 3.64. The number of aromatic nitrogens is 6. The Labute approximate surface area is 192 Å². The van der Waals surface area contributed by atoms with Gasteiger partial charge in [0, 0.05) is 44.0 Å². The molecule has 4 rings (SSSR count). The van der Waals surface area contributed by atoms with E-state index in [1.54, 1.807) is 25.1 Å². The Kier molecular flexibility index (Phi) is 5.86. The molecule has 10 nitrogen and oxygen atoms in total.